The standard InChI is InChI=1S/C18H19NO4/c1-13-7-9-15(10-8-13)23-12-11-16(20)19-17(18(21)22)14-5-3-2-4-6-14/h2-10,17H,11-12H2,1H3,(H,19,20)(H,21,22). The Bertz CT molecular complexity index is 652. The molecule has 1 amide bonds. The van der Waals surface area contributed by atoms with Crippen molar-refractivity contribution in [3.63, 3.8) is 0 Å². The Balaban J connectivity index is 1.85. The van der Waals surface area contributed by atoms with Gasteiger partial charge in [0, 0.05) is 0 Å². The first-order valence-corrected chi connectivity index (χ1v) is 7.33. The van der Waals surface area contributed by atoms with Gasteiger partial charge in [0.05, 0.1) is 13.0 Å². The number of hydrogen-bond acceptors (Lipinski definition) is 3. The van der Waals surface area contributed by atoms with Gasteiger partial charge < -0.3 is 15.2 Å². The highest BCUT2D eigenvalue weighted by Crippen LogP contribution is 2.14. The van der Waals surface area contributed by atoms with Crippen LogP contribution in [0.5, 0.6) is 5.75 Å². The molecule has 0 spiro atoms. The Kier molecular flexibility index (Phi) is 5.74. The predicted molar refractivity (Wildman–Crippen MR) is 86.3 cm³/mol. The van der Waals surface area contributed by atoms with E-state index in [-0.39, 0.29) is 18.9 Å². The molecule has 0 saturated carbocycles. The molecule has 2 N–H and O–H groups in total. The molecule has 0 aliphatic heterocycles. The number of rotatable bonds is 7. The molecule has 5 heteroatoms. The number of amides is 1. The van der Waals surface area contributed by atoms with Crippen LogP contribution in [0.25, 0.3) is 0 Å². The zero-order chi connectivity index (χ0) is 16.7. The van der Waals surface area contributed by atoms with E-state index in [0.29, 0.717) is 11.3 Å². The number of carbonyl (C=O) groups is 2. The van der Waals surface area contributed by atoms with Gasteiger partial charge in [-0.25, -0.2) is 4.79 Å². The lowest BCUT2D eigenvalue weighted by Crippen LogP contribution is -2.34. The molecule has 0 bridgehead atoms. The maximum atomic E-state index is 11.9. The predicted octanol–water partition coefficient (Wildman–Crippen LogP) is 2.71. The molecular weight excluding hydrogens is 294 g/mol. The summed E-state index contributed by atoms with van der Waals surface area (Å²) >= 11 is 0. The fraction of sp³-hybridized carbons (Fsp3) is 0.222. The topological polar surface area (TPSA) is 75.6 Å². The number of carboxylic acid groups (broad SMARTS) is 1. The minimum atomic E-state index is -1.09. The van der Waals surface area contributed by atoms with Gasteiger partial charge in [0.1, 0.15) is 5.75 Å². The number of benzene rings is 2. The third-order valence-corrected chi connectivity index (χ3v) is 3.30. The molecule has 1 atom stereocenters. The highest BCUT2D eigenvalue weighted by molar-refractivity contribution is 5.84. The fourth-order valence-corrected chi connectivity index (χ4v) is 2.06. The van der Waals surface area contributed by atoms with Gasteiger partial charge in [-0.15, -0.1) is 0 Å². The Hall–Kier alpha value is -2.82. The Morgan fingerprint density at radius 2 is 1.74 bits per heavy atom. The largest absolute Gasteiger partial charge is 0.493 e. The van der Waals surface area contributed by atoms with Crippen molar-refractivity contribution in [2.45, 2.75) is 19.4 Å². The van der Waals surface area contributed by atoms with E-state index < -0.39 is 12.0 Å². The van der Waals surface area contributed by atoms with E-state index >= 15 is 0 Å². The third kappa shape index (κ3) is 5.14. The van der Waals surface area contributed by atoms with Crippen LogP contribution in [0, 0.1) is 6.92 Å². The van der Waals surface area contributed by atoms with Crippen LogP contribution in [0.15, 0.2) is 54.6 Å². The minimum absolute atomic E-state index is 0.0878. The third-order valence-electron chi connectivity index (χ3n) is 3.30. The summed E-state index contributed by atoms with van der Waals surface area (Å²) in [4.78, 5) is 23.2. The van der Waals surface area contributed by atoms with Crippen molar-refractivity contribution in [2.75, 3.05) is 6.61 Å². The lowest BCUT2D eigenvalue weighted by molar-refractivity contribution is -0.142. The van der Waals surface area contributed by atoms with Crippen LogP contribution in [-0.4, -0.2) is 23.6 Å². The summed E-state index contributed by atoms with van der Waals surface area (Å²) in [5.74, 6) is -0.779. The Morgan fingerprint density at radius 1 is 1.09 bits per heavy atom. The summed E-state index contributed by atoms with van der Waals surface area (Å²) in [7, 11) is 0. The van der Waals surface area contributed by atoms with Crippen LogP contribution in [0.2, 0.25) is 0 Å². The van der Waals surface area contributed by atoms with E-state index in [2.05, 4.69) is 5.32 Å². The van der Waals surface area contributed by atoms with Gasteiger partial charge in [-0.2, -0.15) is 0 Å². The van der Waals surface area contributed by atoms with E-state index in [1.807, 2.05) is 31.2 Å². The SMILES string of the molecule is Cc1ccc(OCCC(=O)NC(C(=O)O)c2ccccc2)cc1. The zero-order valence-electron chi connectivity index (χ0n) is 12.9. The lowest BCUT2D eigenvalue weighted by atomic mass is 10.1. The summed E-state index contributed by atoms with van der Waals surface area (Å²) < 4.78 is 5.47. The molecule has 0 aliphatic carbocycles. The number of nitrogens with one attached hydrogen (secondary N) is 1. The van der Waals surface area contributed by atoms with Crippen molar-refractivity contribution >= 4 is 11.9 Å². The Morgan fingerprint density at radius 3 is 2.35 bits per heavy atom. The summed E-state index contributed by atoms with van der Waals surface area (Å²) in [6.45, 7) is 2.17. The van der Waals surface area contributed by atoms with Crippen LogP contribution in [0.4, 0.5) is 0 Å². The molecule has 0 aromatic heterocycles. The number of aryl methyl sites for hydroxylation is 1. The fourth-order valence-electron chi connectivity index (χ4n) is 2.06. The van der Waals surface area contributed by atoms with Crippen molar-refractivity contribution in [1.29, 1.82) is 0 Å². The maximum Gasteiger partial charge on any atom is 0.330 e. The first kappa shape index (κ1) is 16.5. The molecule has 0 aliphatic rings. The average Bonchev–Trinajstić information content (AvgIpc) is 2.55. The second-order valence-electron chi connectivity index (χ2n) is 5.16. The average molecular weight is 313 g/mol. The normalized spacial score (nSPS) is 11.5. The van der Waals surface area contributed by atoms with Gasteiger partial charge in [-0.3, -0.25) is 4.79 Å². The molecule has 5 nitrogen and oxygen atoms in total. The van der Waals surface area contributed by atoms with Crippen LogP contribution < -0.4 is 10.1 Å². The first-order valence-electron chi connectivity index (χ1n) is 7.33. The van der Waals surface area contributed by atoms with Crippen LogP contribution in [0.3, 0.4) is 0 Å². The molecule has 0 fully saturated rings. The zero-order valence-corrected chi connectivity index (χ0v) is 12.9. The summed E-state index contributed by atoms with van der Waals surface area (Å²) in [6.07, 6.45) is 0.0878. The molecule has 2 rings (SSSR count). The van der Waals surface area contributed by atoms with Gasteiger partial charge in [0.15, 0.2) is 6.04 Å². The summed E-state index contributed by atoms with van der Waals surface area (Å²) in [5, 5.41) is 11.8. The molecule has 120 valence electrons. The molecule has 0 saturated heterocycles. The molecule has 23 heavy (non-hydrogen) atoms. The molecule has 1 unspecified atom stereocenters. The smallest absolute Gasteiger partial charge is 0.330 e. The van der Waals surface area contributed by atoms with Crippen LogP contribution in [0.1, 0.15) is 23.6 Å². The van der Waals surface area contributed by atoms with Gasteiger partial charge in [-0.1, -0.05) is 48.0 Å². The number of carboxylic acids is 1. The summed E-state index contributed by atoms with van der Waals surface area (Å²) in [6, 6.07) is 15.0. The number of carbonyl (C=O) groups excluding carboxylic acids is 1. The van der Waals surface area contributed by atoms with Crippen LogP contribution in [-0.2, 0) is 9.59 Å². The Labute approximate surface area is 134 Å². The van der Waals surface area contributed by atoms with Crippen LogP contribution >= 0.6 is 0 Å². The molecule has 2 aromatic rings. The maximum absolute atomic E-state index is 11.9. The molecule has 2 aromatic carbocycles. The monoisotopic (exact) mass is 313 g/mol. The van der Waals surface area contributed by atoms with E-state index in [1.165, 1.54) is 0 Å². The van der Waals surface area contributed by atoms with E-state index in [4.69, 9.17) is 4.74 Å². The molecular formula is C18H19NO4. The minimum Gasteiger partial charge on any atom is -0.493 e. The quantitative estimate of drug-likeness (QED) is 0.824. The van der Waals surface area contributed by atoms with Crippen molar-refractivity contribution < 1.29 is 19.4 Å². The van der Waals surface area contributed by atoms with Crippen molar-refractivity contribution in [3.8, 4) is 5.75 Å². The lowest BCUT2D eigenvalue weighted by Gasteiger charge is -2.15. The molecule has 0 heterocycles. The second kappa shape index (κ2) is 7.98. The molecule has 0 radical (unpaired) electrons. The number of ether oxygens (including phenoxy) is 1. The van der Waals surface area contributed by atoms with E-state index in [0.717, 1.165) is 5.56 Å². The van der Waals surface area contributed by atoms with E-state index in [1.54, 1.807) is 30.3 Å². The second-order valence-corrected chi connectivity index (χ2v) is 5.16. The summed E-state index contributed by atoms with van der Waals surface area (Å²) in [5.41, 5.74) is 1.66. The van der Waals surface area contributed by atoms with Gasteiger partial charge >= 0.3 is 5.97 Å². The highest BCUT2D eigenvalue weighted by Gasteiger charge is 2.21. The first-order chi connectivity index (χ1) is 11.1. The highest BCUT2D eigenvalue weighted by atomic mass is 16.5. The van der Waals surface area contributed by atoms with Crippen molar-refractivity contribution in [2.24, 2.45) is 0 Å². The van der Waals surface area contributed by atoms with Gasteiger partial charge in [0.2, 0.25) is 5.91 Å². The van der Waals surface area contributed by atoms with Crippen molar-refractivity contribution in [1.82, 2.24) is 5.32 Å². The van der Waals surface area contributed by atoms with Gasteiger partial charge in [-0.05, 0) is 24.6 Å². The number of hydrogen-bond donors (Lipinski definition) is 2. The number of aliphatic carboxylic acids is 1. The van der Waals surface area contributed by atoms with Gasteiger partial charge in [0.25, 0.3) is 0 Å². The van der Waals surface area contributed by atoms with E-state index in [9.17, 15) is 14.7 Å². The van der Waals surface area contributed by atoms with Crippen molar-refractivity contribution in [3.05, 3.63) is 65.7 Å².